The van der Waals surface area contributed by atoms with Gasteiger partial charge in [0.2, 0.25) is 0 Å². The Kier molecular flexibility index (Phi) is 3.38. The minimum absolute atomic E-state index is 0.170. The van der Waals surface area contributed by atoms with Gasteiger partial charge in [-0.3, -0.25) is 0 Å². The van der Waals surface area contributed by atoms with E-state index >= 15 is 0 Å². The largest absolute Gasteiger partial charge is 0.494 e. The highest BCUT2D eigenvalue weighted by Gasteiger charge is 2.37. The van der Waals surface area contributed by atoms with Crippen molar-refractivity contribution in [1.82, 2.24) is 0 Å². The Morgan fingerprint density at radius 2 is 2.18 bits per heavy atom. The van der Waals surface area contributed by atoms with E-state index < -0.39 is 11.4 Å². The summed E-state index contributed by atoms with van der Waals surface area (Å²) in [6.45, 7) is 2.03. The second kappa shape index (κ2) is 4.65. The third-order valence-corrected chi connectivity index (χ3v) is 3.91. The fourth-order valence-electron chi connectivity index (χ4n) is 2.69. The van der Waals surface area contributed by atoms with E-state index in [1.165, 1.54) is 13.2 Å². The van der Waals surface area contributed by atoms with Crippen molar-refractivity contribution >= 4 is 0 Å². The molecule has 1 aromatic rings. The lowest BCUT2D eigenvalue weighted by atomic mass is 9.72. The topological polar surface area (TPSA) is 29.5 Å². The number of benzene rings is 1. The van der Waals surface area contributed by atoms with E-state index in [0.717, 1.165) is 19.3 Å². The molecule has 17 heavy (non-hydrogen) atoms. The first-order chi connectivity index (χ1) is 8.08. The van der Waals surface area contributed by atoms with Crippen LogP contribution in [0, 0.1) is 11.7 Å². The summed E-state index contributed by atoms with van der Waals surface area (Å²) in [6, 6.07) is 4.76. The summed E-state index contributed by atoms with van der Waals surface area (Å²) >= 11 is 0. The van der Waals surface area contributed by atoms with Crippen molar-refractivity contribution in [2.24, 2.45) is 5.92 Å². The molecule has 0 radical (unpaired) electrons. The average Bonchev–Trinajstić information content (AvgIpc) is 2.33. The summed E-state index contributed by atoms with van der Waals surface area (Å²) in [6.07, 6.45) is 3.83. The van der Waals surface area contributed by atoms with Crippen LogP contribution in [-0.2, 0) is 5.60 Å². The van der Waals surface area contributed by atoms with Crippen molar-refractivity contribution in [3.05, 3.63) is 29.6 Å². The van der Waals surface area contributed by atoms with Gasteiger partial charge in [0.05, 0.1) is 12.7 Å². The van der Waals surface area contributed by atoms with Crippen LogP contribution in [0.15, 0.2) is 18.2 Å². The molecule has 1 aliphatic rings. The van der Waals surface area contributed by atoms with Crippen LogP contribution in [0.2, 0.25) is 0 Å². The third kappa shape index (κ3) is 2.16. The molecule has 2 nitrogen and oxygen atoms in total. The summed E-state index contributed by atoms with van der Waals surface area (Å²) in [5.41, 5.74) is -0.214. The van der Waals surface area contributed by atoms with E-state index in [1.807, 2.05) is 6.92 Å². The van der Waals surface area contributed by atoms with Gasteiger partial charge in [-0.25, -0.2) is 4.39 Å². The third-order valence-electron chi connectivity index (χ3n) is 3.91. The molecule has 1 fully saturated rings. The molecular formula is C14H19FO2. The molecule has 0 heterocycles. The van der Waals surface area contributed by atoms with Crippen molar-refractivity contribution < 1.29 is 14.2 Å². The lowest BCUT2D eigenvalue weighted by molar-refractivity contribution is -0.0472. The lowest BCUT2D eigenvalue weighted by Gasteiger charge is -2.38. The zero-order valence-electron chi connectivity index (χ0n) is 10.4. The minimum Gasteiger partial charge on any atom is -0.494 e. The molecule has 0 aliphatic heterocycles. The first-order valence-corrected chi connectivity index (χ1v) is 6.14. The van der Waals surface area contributed by atoms with E-state index in [1.54, 1.807) is 12.1 Å². The summed E-state index contributed by atoms with van der Waals surface area (Å²) < 4.78 is 18.6. The highest BCUT2D eigenvalue weighted by molar-refractivity contribution is 5.33. The van der Waals surface area contributed by atoms with Crippen molar-refractivity contribution in [3.63, 3.8) is 0 Å². The van der Waals surface area contributed by atoms with Gasteiger partial charge in [0, 0.05) is 0 Å². The molecule has 2 atom stereocenters. The van der Waals surface area contributed by atoms with Gasteiger partial charge >= 0.3 is 0 Å². The van der Waals surface area contributed by atoms with Gasteiger partial charge in [0.1, 0.15) is 0 Å². The Morgan fingerprint density at radius 3 is 2.76 bits per heavy atom. The fraction of sp³-hybridized carbons (Fsp3) is 0.571. The zero-order chi connectivity index (χ0) is 12.5. The van der Waals surface area contributed by atoms with Crippen molar-refractivity contribution in [2.45, 2.75) is 38.2 Å². The number of aliphatic hydroxyl groups is 1. The Labute approximate surface area is 101 Å². The number of hydrogen-bond acceptors (Lipinski definition) is 2. The van der Waals surface area contributed by atoms with Crippen molar-refractivity contribution in [2.75, 3.05) is 7.11 Å². The Balaban J connectivity index is 2.35. The van der Waals surface area contributed by atoms with Crippen LogP contribution < -0.4 is 4.74 Å². The highest BCUT2D eigenvalue weighted by atomic mass is 19.1. The van der Waals surface area contributed by atoms with Gasteiger partial charge in [0.25, 0.3) is 0 Å². The maximum absolute atomic E-state index is 13.7. The van der Waals surface area contributed by atoms with Crippen LogP contribution in [-0.4, -0.2) is 12.2 Å². The highest BCUT2D eigenvalue weighted by Crippen LogP contribution is 2.42. The molecule has 2 unspecified atom stereocenters. The first-order valence-electron chi connectivity index (χ1n) is 6.14. The summed E-state index contributed by atoms with van der Waals surface area (Å²) in [5.74, 6) is -0.0129. The van der Waals surface area contributed by atoms with E-state index in [9.17, 15) is 9.50 Å². The second-order valence-electron chi connectivity index (χ2n) is 4.92. The molecule has 1 saturated carbocycles. The van der Waals surface area contributed by atoms with Crippen LogP contribution in [0.25, 0.3) is 0 Å². The van der Waals surface area contributed by atoms with E-state index in [4.69, 9.17) is 4.74 Å². The summed E-state index contributed by atoms with van der Waals surface area (Å²) in [4.78, 5) is 0. The molecule has 2 rings (SSSR count). The van der Waals surface area contributed by atoms with Gasteiger partial charge < -0.3 is 9.84 Å². The van der Waals surface area contributed by atoms with Crippen LogP contribution in [0.4, 0.5) is 4.39 Å². The number of methoxy groups -OCH3 is 1. The Bertz CT molecular complexity index is 405. The number of halogens is 1. The quantitative estimate of drug-likeness (QED) is 0.857. The molecular weight excluding hydrogens is 219 g/mol. The zero-order valence-corrected chi connectivity index (χ0v) is 10.4. The number of hydrogen-bond donors (Lipinski definition) is 1. The van der Waals surface area contributed by atoms with Crippen LogP contribution in [0.1, 0.15) is 38.2 Å². The lowest BCUT2D eigenvalue weighted by Crippen LogP contribution is -2.36. The molecule has 94 valence electrons. The smallest absolute Gasteiger partial charge is 0.165 e. The Hall–Kier alpha value is -1.09. The Morgan fingerprint density at radius 1 is 1.41 bits per heavy atom. The van der Waals surface area contributed by atoms with E-state index in [2.05, 4.69) is 0 Å². The van der Waals surface area contributed by atoms with Crippen LogP contribution in [0.5, 0.6) is 5.75 Å². The van der Waals surface area contributed by atoms with Crippen molar-refractivity contribution in [3.8, 4) is 5.75 Å². The predicted octanol–water partition coefficient (Wildman–Crippen LogP) is 3.23. The van der Waals surface area contributed by atoms with Gasteiger partial charge in [-0.15, -0.1) is 0 Å². The molecule has 0 amide bonds. The molecule has 1 aliphatic carbocycles. The summed E-state index contributed by atoms with van der Waals surface area (Å²) in [7, 11) is 1.44. The molecule has 0 bridgehead atoms. The molecule has 1 N–H and O–H groups in total. The fourth-order valence-corrected chi connectivity index (χ4v) is 2.69. The maximum Gasteiger partial charge on any atom is 0.165 e. The maximum atomic E-state index is 13.7. The van der Waals surface area contributed by atoms with Gasteiger partial charge in [-0.2, -0.15) is 0 Å². The molecule has 0 spiro atoms. The van der Waals surface area contributed by atoms with Gasteiger partial charge in [-0.05, 0) is 36.5 Å². The molecule has 0 saturated heterocycles. The SMILES string of the molecule is COc1ccc(C2(O)CCCCC2C)cc1F. The second-order valence-corrected chi connectivity index (χ2v) is 4.92. The standard InChI is InChI=1S/C14H19FO2/c1-10-5-3-4-8-14(10,16)11-6-7-13(17-2)12(15)9-11/h6-7,9-10,16H,3-5,8H2,1-2H3. The van der Waals surface area contributed by atoms with Crippen LogP contribution >= 0.6 is 0 Å². The number of rotatable bonds is 2. The van der Waals surface area contributed by atoms with Gasteiger partial charge in [-0.1, -0.05) is 25.8 Å². The van der Waals surface area contributed by atoms with Gasteiger partial charge in [0.15, 0.2) is 11.6 Å². The molecule has 1 aromatic carbocycles. The molecule has 3 heteroatoms. The van der Waals surface area contributed by atoms with E-state index in [0.29, 0.717) is 12.0 Å². The normalized spacial score (nSPS) is 29.1. The number of ether oxygens (including phenoxy) is 1. The molecule has 0 aromatic heterocycles. The first kappa shape index (κ1) is 12.4. The average molecular weight is 238 g/mol. The monoisotopic (exact) mass is 238 g/mol. The van der Waals surface area contributed by atoms with E-state index in [-0.39, 0.29) is 11.7 Å². The minimum atomic E-state index is -0.884. The van der Waals surface area contributed by atoms with Crippen molar-refractivity contribution in [1.29, 1.82) is 0 Å². The predicted molar refractivity (Wildman–Crippen MR) is 64.5 cm³/mol. The summed E-state index contributed by atoms with van der Waals surface area (Å²) in [5, 5.41) is 10.7. The van der Waals surface area contributed by atoms with Crippen LogP contribution in [0.3, 0.4) is 0 Å².